The number of piperidine rings is 3. The third-order valence-electron chi connectivity index (χ3n) is 8.17. The predicted octanol–water partition coefficient (Wildman–Crippen LogP) is 3.14. The lowest BCUT2D eigenvalue weighted by atomic mass is 9.90. The molecule has 3 fully saturated rings. The van der Waals surface area contributed by atoms with E-state index in [0.717, 1.165) is 57.7 Å². The molecular weight excluding hydrogens is 460 g/mol. The SMILES string of the molecule is CC1CCN(S(=O)(=O)N2CCC[C@@H](C(=O)NCCCN3CCC(Cc4ccccc4)CC3)C2)CC1. The Hall–Kier alpha value is -1.48. The molecule has 4 rings (SSSR count). The van der Waals surface area contributed by atoms with Gasteiger partial charge in [-0.2, -0.15) is 17.0 Å². The Balaban J connectivity index is 1.13. The van der Waals surface area contributed by atoms with E-state index in [0.29, 0.717) is 38.6 Å². The number of nitrogens with zero attached hydrogens (tertiary/aromatic N) is 3. The lowest BCUT2D eigenvalue weighted by Gasteiger charge is -2.37. The van der Waals surface area contributed by atoms with Crippen LogP contribution in [0.25, 0.3) is 0 Å². The zero-order chi connectivity index (χ0) is 24.7. The maximum Gasteiger partial charge on any atom is 0.281 e. The Labute approximate surface area is 212 Å². The number of carbonyl (C=O) groups excluding carboxylic acids is 1. The second kappa shape index (κ2) is 12.7. The molecule has 3 aliphatic heterocycles. The Morgan fingerprint density at radius 1 is 0.943 bits per heavy atom. The van der Waals surface area contributed by atoms with Crippen molar-refractivity contribution in [1.29, 1.82) is 0 Å². The number of hydrogen-bond acceptors (Lipinski definition) is 4. The number of likely N-dealkylation sites (tertiary alicyclic amines) is 1. The summed E-state index contributed by atoms with van der Waals surface area (Å²) in [5.74, 6) is 1.13. The smallest absolute Gasteiger partial charge is 0.281 e. The van der Waals surface area contributed by atoms with Crippen molar-refractivity contribution < 1.29 is 13.2 Å². The fraction of sp³-hybridized carbons (Fsp3) is 0.741. The standard InChI is InChI=1S/C27H44N4O3S/c1-23-10-19-30(20-11-23)35(33,34)31-16-5-9-26(22-31)27(32)28-14-6-15-29-17-12-25(13-18-29)21-24-7-3-2-4-8-24/h2-4,7-8,23,25-26H,5-6,9-22H2,1H3,(H,28,32)/t26-/m1/s1. The van der Waals surface area contributed by atoms with E-state index >= 15 is 0 Å². The fourth-order valence-electron chi connectivity index (χ4n) is 5.77. The van der Waals surface area contributed by atoms with Crippen LogP contribution in [0.4, 0.5) is 0 Å². The van der Waals surface area contributed by atoms with Gasteiger partial charge in [-0.3, -0.25) is 4.79 Å². The summed E-state index contributed by atoms with van der Waals surface area (Å²) < 4.78 is 29.4. The van der Waals surface area contributed by atoms with E-state index < -0.39 is 10.2 Å². The number of hydrogen-bond donors (Lipinski definition) is 1. The molecule has 0 bridgehead atoms. The van der Waals surface area contributed by atoms with Crippen molar-refractivity contribution in [2.24, 2.45) is 17.8 Å². The van der Waals surface area contributed by atoms with Gasteiger partial charge in [0, 0.05) is 32.7 Å². The molecule has 1 amide bonds. The molecule has 0 aromatic heterocycles. The van der Waals surface area contributed by atoms with E-state index in [4.69, 9.17) is 0 Å². The van der Waals surface area contributed by atoms with Crippen molar-refractivity contribution in [3.8, 4) is 0 Å². The first-order valence-electron chi connectivity index (χ1n) is 13.7. The number of amides is 1. The van der Waals surface area contributed by atoms with Crippen molar-refractivity contribution in [2.75, 3.05) is 52.4 Å². The zero-order valence-electron chi connectivity index (χ0n) is 21.4. The lowest BCUT2D eigenvalue weighted by molar-refractivity contribution is -0.126. The molecule has 196 valence electrons. The number of rotatable bonds is 9. The molecule has 3 heterocycles. The highest BCUT2D eigenvalue weighted by atomic mass is 32.2. The average molecular weight is 505 g/mol. The summed E-state index contributed by atoms with van der Waals surface area (Å²) in [5, 5.41) is 3.09. The number of benzene rings is 1. The van der Waals surface area contributed by atoms with E-state index in [-0.39, 0.29) is 11.8 Å². The second-order valence-electron chi connectivity index (χ2n) is 10.9. The molecule has 0 spiro atoms. The topological polar surface area (TPSA) is 73.0 Å². The molecule has 3 saturated heterocycles. The predicted molar refractivity (Wildman–Crippen MR) is 140 cm³/mol. The molecule has 3 aliphatic rings. The Morgan fingerprint density at radius 2 is 1.66 bits per heavy atom. The molecule has 0 radical (unpaired) electrons. The number of carbonyl (C=O) groups is 1. The maximum atomic E-state index is 13.1. The highest BCUT2D eigenvalue weighted by Gasteiger charge is 2.36. The van der Waals surface area contributed by atoms with Crippen LogP contribution in [0.5, 0.6) is 0 Å². The molecule has 1 N–H and O–H groups in total. The van der Waals surface area contributed by atoms with Gasteiger partial charge in [-0.25, -0.2) is 0 Å². The molecule has 7 nitrogen and oxygen atoms in total. The first-order valence-corrected chi connectivity index (χ1v) is 15.1. The normalized spacial score (nSPS) is 24.4. The molecule has 1 atom stereocenters. The third-order valence-corrected chi connectivity index (χ3v) is 10.2. The summed E-state index contributed by atoms with van der Waals surface area (Å²) in [5.41, 5.74) is 1.44. The van der Waals surface area contributed by atoms with Gasteiger partial charge in [-0.15, -0.1) is 0 Å². The lowest BCUT2D eigenvalue weighted by Crippen LogP contribution is -2.52. The van der Waals surface area contributed by atoms with Crippen molar-refractivity contribution in [2.45, 2.75) is 58.3 Å². The quantitative estimate of drug-likeness (QED) is 0.525. The van der Waals surface area contributed by atoms with Crippen molar-refractivity contribution in [3.05, 3.63) is 35.9 Å². The van der Waals surface area contributed by atoms with Gasteiger partial charge in [0.05, 0.1) is 5.92 Å². The van der Waals surface area contributed by atoms with Crippen molar-refractivity contribution >= 4 is 16.1 Å². The summed E-state index contributed by atoms with van der Waals surface area (Å²) in [7, 11) is -3.46. The van der Waals surface area contributed by atoms with E-state index in [1.54, 1.807) is 8.61 Å². The molecule has 35 heavy (non-hydrogen) atoms. The van der Waals surface area contributed by atoms with Crippen LogP contribution in [0.2, 0.25) is 0 Å². The largest absolute Gasteiger partial charge is 0.356 e. The first-order chi connectivity index (χ1) is 16.9. The summed E-state index contributed by atoms with van der Waals surface area (Å²) in [6.07, 6.45) is 7.95. The van der Waals surface area contributed by atoms with Crippen LogP contribution < -0.4 is 5.32 Å². The van der Waals surface area contributed by atoms with E-state index in [1.165, 1.54) is 24.8 Å². The number of nitrogens with one attached hydrogen (secondary N) is 1. The molecule has 1 aromatic rings. The van der Waals surface area contributed by atoms with Gasteiger partial charge in [-0.05, 0) is 88.4 Å². The van der Waals surface area contributed by atoms with Gasteiger partial charge in [-0.1, -0.05) is 37.3 Å². The van der Waals surface area contributed by atoms with Crippen molar-refractivity contribution in [1.82, 2.24) is 18.8 Å². The van der Waals surface area contributed by atoms with Gasteiger partial charge in [0.15, 0.2) is 0 Å². The van der Waals surface area contributed by atoms with Gasteiger partial charge < -0.3 is 10.2 Å². The van der Waals surface area contributed by atoms with Crippen LogP contribution in [0.3, 0.4) is 0 Å². The fourth-order valence-corrected chi connectivity index (χ4v) is 7.49. The molecular formula is C27H44N4O3S. The van der Waals surface area contributed by atoms with Crippen LogP contribution in [-0.2, 0) is 21.4 Å². The van der Waals surface area contributed by atoms with E-state index in [1.807, 2.05) is 0 Å². The maximum absolute atomic E-state index is 13.1. The molecule has 1 aromatic carbocycles. The summed E-state index contributed by atoms with van der Waals surface area (Å²) >= 11 is 0. The first kappa shape index (κ1) is 26.6. The minimum Gasteiger partial charge on any atom is -0.356 e. The van der Waals surface area contributed by atoms with E-state index in [9.17, 15) is 13.2 Å². The summed E-state index contributed by atoms with van der Waals surface area (Å²) in [6.45, 7) is 8.16. The molecule has 0 saturated carbocycles. The molecule has 0 aliphatic carbocycles. The second-order valence-corrected chi connectivity index (χ2v) is 12.8. The summed E-state index contributed by atoms with van der Waals surface area (Å²) in [4.78, 5) is 15.3. The third kappa shape index (κ3) is 7.51. The summed E-state index contributed by atoms with van der Waals surface area (Å²) in [6, 6.07) is 10.8. The van der Waals surface area contributed by atoms with Gasteiger partial charge in [0.2, 0.25) is 5.91 Å². The van der Waals surface area contributed by atoms with Crippen molar-refractivity contribution in [3.63, 3.8) is 0 Å². The minimum absolute atomic E-state index is 0.0127. The van der Waals surface area contributed by atoms with Gasteiger partial charge in [0.25, 0.3) is 10.2 Å². The highest BCUT2D eigenvalue weighted by Crippen LogP contribution is 2.25. The van der Waals surface area contributed by atoms with Crippen LogP contribution >= 0.6 is 0 Å². The zero-order valence-corrected chi connectivity index (χ0v) is 22.2. The van der Waals surface area contributed by atoms with E-state index in [2.05, 4.69) is 47.5 Å². The molecule has 0 unspecified atom stereocenters. The van der Waals surface area contributed by atoms with Gasteiger partial charge in [0.1, 0.15) is 0 Å². The Morgan fingerprint density at radius 3 is 2.37 bits per heavy atom. The highest BCUT2D eigenvalue weighted by molar-refractivity contribution is 7.86. The monoisotopic (exact) mass is 504 g/mol. The Kier molecular flexibility index (Phi) is 9.61. The van der Waals surface area contributed by atoms with Crippen LogP contribution in [0.15, 0.2) is 30.3 Å². The molecule has 8 heteroatoms. The van der Waals surface area contributed by atoms with Crippen LogP contribution in [-0.4, -0.2) is 80.2 Å². The Bertz CT molecular complexity index is 894. The van der Waals surface area contributed by atoms with Crippen LogP contribution in [0.1, 0.15) is 57.4 Å². The minimum atomic E-state index is -3.46. The average Bonchev–Trinajstić information content (AvgIpc) is 2.88. The van der Waals surface area contributed by atoms with Gasteiger partial charge >= 0.3 is 0 Å². The van der Waals surface area contributed by atoms with Crippen LogP contribution in [0, 0.1) is 17.8 Å².